The molecule has 108 valence electrons. The van der Waals surface area contributed by atoms with Crippen LogP contribution < -0.4 is 5.32 Å². The molecule has 0 saturated heterocycles. The molecule has 0 aliphatic carbocycles. The molecule has 0 radical (unpaired) electrons. The van der Waals surface area contributed by atoms with Crippen LogP contribution in [0.25, 0.3) is 0 Å². The predicted molar refractivity (Wildman–Crippen MR) is 75.9 cm³/mol. The summed E-state index contributed by atoms with van der Waals surface area (Å²) in [6.07, 6.45) is 0.445. The van der Waals surface area contributed by atoms with E-state index in [1.807, 2.05) is 25.1 Å². The molecule has 19 heavy (non-hydrogen) atoms. The Kier molecular flexibility index (Phi) is 7.04. The summed E-state index contributed by atoms with van der Waals surface area (Å²) in [4.78, 5) is 0. The van der Waals surface area contributed by atoms with Crippen molar-refractivity contribution in [1.82, 2.24) is 5.32 Å². The first kappa shape index (κ1) is 16.7. The van der Waals surface area contributed by atoms with Crippen molar-refractivity contribution in [2.24, 2.45) is 0 Å². The normalized spacial score (nSPS) is 13.5. The van der Waals surface area contributed by atoms with Gasteiger partial charge in [-0.2, -0.15) is 13.2 Å². The van der Waals surface area contributed by atoms with Crippen LogP contribution >= 0.6 is 23.4 Å². The number of rotatable bonds is 7. The van der Waals surface area contributed by atoms with E-state index < -0.39 is 5.51 Å². The SMILES string of the molecule is CCNCC(CCSC(F)(F)F)c1ccccc1Cl. The van der Waals surface area contributed by atoms with E-state index in [0.29, 0.717) is 18.0 Å². The minimum atomic E-state index is -4.16. The molecule has 1 aromatic carbocycles. The highest BCUT2D eigenvalue weighted by Gasteiger charge is 2.28. The fourth-order valence-corrected chi connectivity index (χ4v) is 2.73. The van der Waals surface area contributed by atoms with E-state index in [1.165, 1.54) is 0 Å². The van der Waals surface area contributed by atoms with Crippen molar-refractivity contribution in [3.8, 4) is 0 Å². The van der Waals surface area contributed by atoms with Gasteiger partial charge in [0.15, 0.2) is 0 Å². The highest BCUT2D eigenvalue weighted by molar-refractivity contribution is 8.00. The Bertz CT molecular complexity index is 384. The number of halogens is 4. The summed E-state index contributed by atoms with van der Waals surface area (Å²) in [6, 6.07) is 7.33. The number of hydrogen-bond acceptors (Lipinski definition) is 2. The van der Waals surface area contributed by atoms with Crippen molar-refractivity contribution in [3.63, 3.8) is 0 Å². The van der Waals surface area contributed by atoms with E-state index in [1.54, 1.807) is 6.07 Å². The van der Waals surface area contributed by atoms with Gasteiger partial charge in [0.25, 0.3) is 0 Å². The molecule has 0 bridgehead atoms. The zero-order valence-electron chi connectivity index (χ0n) is 10.6. The Morgan fingerprint density at radius 1 is 1.32 bits per heavy atom. The van der Waals surface area contributed by atoms with E-state index in [2.05, 4.69) is 5.32 Å². The summed E-state index contributed by atoms with van der Waals surface area (Å²) in [5, 5.41) is 3.79. The molecular formula is C13H17ClF3NS. The molecule has 0 spiro atoms. The zero-order valence-corrected chi connectivity index (χ0v) is 12.2. The molecule has 0 fully saturated rings. The monoisotopic (exact) mass is 311 g/mol. The van der Waals surface area contributed by atoms with Gasteiger partial charge in [0.05, 0.1) is 0 Å². The van der Waals surface area contributed by atoms with Gasteiger partial charge < -0.3 is 5.32 Å². The smallest absolute Gasteiger partial charge is 0.316 e. The van der Waals surface area contributed by atoms with Gasteiger partial charge in [-0.1, -0.05) is 48.5 Å². The van der Waals surface area contributed by atoms with Crippen molar-refractivity contribution in [2.45, 2.75) is 24.8 Å². The standard InChI is InChI=1S/C13H17ClF3NS/c1-2-18-9-10(7-8-19-13(15,16)17)11-5-3-4-6-12(11)14/h3-6,10,18H,2,7-9H2,1H3. The molecule has 1 N–H and O–H groups in total. The lowest BCUT2D eigenvalue weighted by atomic mass is 9.96. The van der Waals surface area contributed by atoms with E-state index in [4.69, 9.17) is 11.6 Å². The van der Waals surface area contributed by atoms with Crippen LogP contribution in [0.4, 0.5) is 13.2 Å². The lowest BCUT2D eigenvalue weighted by molar-refractivity contribution is -0.0328. The summed E-state index contributed by atoms with van der Waals surface area (Å²) in [7, 11) is 0. The summed E-state index contributed by atoms with van der Waals surface area (Å²) >= 11 is 6.13. The van der Waals surface area contributed by atoms with Crippen molar-refractivity contribution in [3.05, 3.63) is 34.9 Å². The number of thioether (sulfide) groups is 1. The first-order valence-electron chi connectivity index (χ1n) is 6.10. The largest absolute Gasteiger partial charge is 0.441 e. The molecule has 1 aromatic rings. The highest BCUT2D eigenvalue weighted by Crippen LogP contribution is 2.34. The highest BCUT2D eigenvalue weighted by atomic mass is 35.5. The Hall–Kier alpha value is -0.390. The fraction of sp³-hybridized carbons (Fsp3) is 0.538. The van der Waals surface area contributed by atoms with Gasteiger partial charge in [-0.3, -0.25) is 0 Å². The molecular weight excluding hydrogens is 295 g/mol. The van der Waals surface area contributed by atoms with E-state index in [0.717, 1.165) is 12.1 Å². The molecule has 1 unspecified atom stereocenters. The lowest BCUT2D eigenvalue weighted by Crippen LogP contribution is -2.22. The third-order valence-corrected chi connectivity index (χ3v) is 3.83. The van der Waals surface area contributed by atoms with Crippen LogP contribution in [0, 0.1) is 0 Å². The molecule has 0 aromatic heterocycles. The van der Waals surface area contributed by atoms with E-state index in [-0.39, 0.29) is 23.4 Å². The minimum Gasteiger partial charge on any atom is -0.316 e. The number of likely N-dealkylation sites (N-methyl/N-ethyl adjacent to an activating group) is 1. The average Bonchev–Trinajstić information content (AvgIpc) is 2.33. The lowest BCUT2D eigenvalue weighted by Gasteiger charge is -2.19. The Labute approximate surface area is 120 Å². The van der Waals surface area contributed by atoms with Gasteiger partial charge in [-0.15, -0.1) is 0 Å². The van der Waals surface area contributed by atoms with Crippen molar-refractivity contribution in [1.29, 1.82) is 0 Å². The summed E-state index contributed by atoms with van der Waals surface area (Å²) in [5.41, 5.74) is -3.25. The average molecular weight is 312 g/mol. The van der Waals surface area contributed by atoms with Crippen LogP contribution in [0.3, 0.4) is 0 Å². The second-order valence-electron chi connectivity index (χ2n) is 4.11. The first-order chi connectivity index (χ1) is 8.94. The van der Waals surface area contributed by atoms with Crippen molar-refractivity contribution < 1.29 is 13.2 Å². The van der Waals surface area contributed by atoms with Crippen LogP contribution in [0.5, 0.6) is 0 Å². The van der Waals surface area contributed by atoms with Gasteiger partial charge in [-0.05, 0) is 30.5 Å². The molecule has 0 amide bonds. The molecule has 1 nitrogen and oxygen atoms in total. The molecule has 6 heteroatoms. The number of benzene rings is 1. The van der Waals surface area contributed by atoms with E-state index >= 15 is 0 Å². The van der Waals surface area contributed by atoms with Crippen LogP contribution in [-0.2, 0) is 0 Å². The molecule has 1 rings (SSSR count). The molecule has 0 aliphatic heterocycles. The van der Waals surface area contributed by atoms with Crippen LogP contribution in [0.15, 0.2) is 24.3 Å². The maximum atomic E-state index is 12.2. The van der Waals surface area contributed by atoms with Gasteiger partial charge in [0.1, 0.15) is 0 Å². The Morgan fingerprint density at radius 3 is 2.58 bits per heavy atom. The summed E-state index contributed by atoms with van der Waals surface area (Å²) in [6.45, 7) is 3.39. The Balaban J connectivity index is 2.64. The topological polar surface area (TPSA) is 12.0 Å². The van der Waals surface area contributed by atoms with Gasteiger partial charge in [0.2, 0.25) is 0 Å². The van der Waals surface area contributed by atoms with Crippen LogP contribution in [-0.4, -0.2) is 24.4 Å². The number of alkyl halides is 3. The third kappa shape index (κ3) is 6.54. The number of nitrogens with one attached hydrogen (secondary N) is 1. The van der Waals surface area contributed by atoms with Crippen molar-refractivity contribution >= 4 is 23.4 Å². The molecule has 0 heterocycles. The molecule has 0 saturated carbocycles. The second-order valence-corrected chi connectivity index (χ2v) is 5.68. The quantitative estimate of drug-likeness (QED) is 0.785. The van der Waals surface area contributed by atoms with Gasteiger partial charge in [-0.25, -0.2) is 0 Å². The van der Waals surface area contributed by atoms with E-state index in [9.17, 15) is 13.2 Å². The summed E-state index contributed by atoms with van der Waals surface area (Å²) in [5.74, 6) is 0.0497. The number of hydrogen-bond donors (Lipinski definition) is 1. The van der Waals surface area contributed by atoms with Crippen LogP contribution in [0.2, 0.25) is 5.02 Å². The first-order valence-corrected chi connectivity index (χ1v) is 7.46. The summed E-state index contributed by atoms with van der Waals surface area (Å²) < 4.78 is 36.5. The Morgan fingerprint density at radius 2 is 2.00 bits per heavy atom. The fourth-order valence-electron chi connectivity index (χ4n) is 1.81. The van der Waals surface area contributed by atoms with Crippen LogP contribution in [0.1, 0.15) is 24.8 Å². The van der Waals surface area contributed by atoms with Crippen molar-refractivity contribution in [2.75, 3.05) is 18.8 Å². The zero-order chi connectivity index (χ0) is 14.3. The second kappa shape index (κ2) is 8.02. The maximum absolute atomic E-state index is 12.2. The predicted octanol–water partition coefficient (Wildman–Crippen LogP) is 4.68. The molecule has 0 aliphatic rings. The third-order valence-electron chi connectivity index (χ3n) is 2.72. The minimum absolute atomic E-state index is 0.00324. The van der Waals surface area contributed by atoms with Gasteiger partial charge in [0, 0.05) is 17.3 Å². The maximum Gasteiger partial charge on any atom is 0.441 e. The molecule has 1 atom stereocenters. The van der Waals surface area contributed by atoms with Gasteiger partial charge >= 0.3 is 5.51 Å².